The molecular weight excluding hydrogens is 290 g/mol. The molecule has 0 fully saturated rings. The van der Waals surface area contributed by atoms with E-state index in [1.54, 1.807) is 13.0 Å². The van der Waals surface area contributed by atoms with Crippen molar-refractivity contribution < 1.29 is 14.3 Å². The quantitative estimate of drug-likeness (QED) is 0.762. The molecule has 2 heterocycles. The smallest absolute Gasteiger partial charge is 0.348 e. The van der Waals surface area contributed by atoms with Crippen LogP contribution in [0.3, 0.4) is 0 Å². The second-order valence-corrected chi connectivity index (χ2v) is 5.82. The first kappa shape index (κ1) is 15.7. The highest BCUT2D eigenvalue weighted by molar-refractivity contribution is 7.20. The van der Waals surface area contributed by atoms with E-state index in [0.717, 1.165) is 17.1 Å². The topological polar surface area (TPSA) is 64.6 Å². The van der Waals surface area contributed by atoms with E-state index in [1.165, 1.54) is 11.3 Å². The van der Waals surface area contributed by atoms with Crippen molar-refractivity contribution >= 4 is 27.7 Å². The standard InChI is InChI=1S/C14H19N3O3S/c1-5-19-14(18)11-8-10-13(21-11)15-9(2)12(16-10)20-7-6-17(3)4/h8H,5-7H2,1-4H3. The Bertz CT molecular complexity index is 640. The van der Waals surface area contributed by atoms with Crippen molar-refractivity contribution in [2.75, 3.05) is 33.9 Å². The fourth-order valence-corrected chi connectivity index (χ4v) is 2.60. The Labute approximate surface area is 127 Å². The molecule has 0 aliphatic rings. The van der Waals surface area contributed by atoms with Crippen LogP contribution in [0.1, 0.15) is 22.3 Å². The van der Waals surface area contributed by atoms with Gasteiger partial charge in [-0.2, -0.15) is 0 Å². The monoisotopic (exact) mass is 309 g/mol. The summed E-state index contributed by atoms with van der Waals surface area (Å²) < 4.78 is 10.6. The lowest BCUT2D eigenvalue weighted by molar-refractivity contribution is 0.0532. The van der Waals surface area contributed by atoms with Gasteiger partial charge in [0.1, 0.15) is 27.5 Å². The van der Waals surface area contributed by atoms with Gasteiger partial charge in [-0.05, 0) is 34.0 Å². The van der Waals surface area contributed by atoms with Gasteiger partial charge in [-0.25, -0.2) is 14.8 Å². The van der Waals surface area contributed by atoms with Gasteiger partial charge in [0.05, 0.1) is 6.61 Å². The number of likely N-dealkylation sites (N-methyl/N-ethyl adjacent to an activating group) is 1. The molecule has 2 aromatic heterocycles. The normalized spacial score (nSPS) is 11.1. The lowest BCUT2D eigenvalue weighted by Crippen LogP contribution is -2.20. The number of carbonyl (C=O) groups is 1. The number of rotatable bonds is 6. The van der Waals surface area contributed by atoms with Crippen molar-refractivity contribution in [1.82, 2.24) is 14.9 Å². The highest BCUT2D eigenvalue weighted by Gasteiger charge is 2.15. The lowest BCUT2D eigenvalue weighted by Gasteiger charge is -2.11. The summed E-state index contributed by atoms with van der Waals surface area (Å²) in [6.45, 7) is 5.33. The number of aromatic nitrogens is 2. The molecule has 21 heavy (non-hydrogen) atoms. The highest BCUT2D eigenvalue weighted by atomic mass is 32.1. The van der Waals surface area contributed by atoms with Crippen molar-refractivity contribution in [2.24, 2.45) is 0 Å². The lowest BCUT2D eigenvalue weighted by atomic mass is 10.4. The van der Waals surface area contributed by atoms with Gasteiger partial charge in [0, 0.05) is 6.54 Å². The van der Waals surface area contributed by atoms with Crippen molar-refractivity contribution in [3.63, 3.8) is 0 Å². The fourth-order valence-electron chi connectivity index (χ4n) is 1.69. The van der Waals surface area contributed by atoms with Crippen LogP contribution in [0.15, 0.2) is 6.07 Å². The number of nitrogens with zero attached hydrogens (tertiary/aromatic N) is 3. The zero-order valence-electron chi connectivity index (χ0n) is 12.7. The number of aryl methyl sites for hydroxylation is 1. The van der Waals surface area contributed by atoms with Gasteiger partial charge >= 0.3 is 5.97 Å². The number of hydrogen-bond acceptors (Lipinski definition) is 7. The van der Waals surface area contributed by atoms with Crippen molar-refractivity contribution in [3.8, 4) is 5.88 Å². The zero-order chi connectivity index (χ0) is 15.4. The Morgan fingerprint density at radius 3 is 2.81 bits per heavy atom. The molecule has 7 heteroatoms. The number of carbonyl (C=O) groups excluding carboxylic acids is 1. The van der Waals surface area contributed by atoms with E-state index < -0.39 is 0 Å². The van der Waals surface area contributed by atoms with Crippen LogP contribution < -0.4 is 4.74 Å². The summed E-state index contributed by atoms with van der Waals surface area (Å²) in [4.78, 5) is 23.9. The Hall–Kier alpha value is -1.73. The molecule has 0 unspecified atom stereocenters. The van der Waals surface area contributed by atoms with Crippen LogP contribution in [0.25, 0.3) is 10.3 Å². The summed E-state index contributed by atoms with van der Waals surface area (Å²) in [5.74, 6) is 0.174. The minimum absolute atomic E-state index is 0.338. The van der Waals surface area contributed by atoms with E-state index >= 15 is 0 Å². The molecule has 0 saturated heterocycles. The molecule has 2 aromatic rings. The molecule has 0 aliphatic carbocycles. The molecule has 6 nitrogen and oxygen atoms in total. The first-order valence-corrected chi connectivity index (χ1v) is 7.55. The molecule has 114 valence electrons. The number of esters is 1. The second kappa shape index (κ2) is 6.82. The predicted molar refractivity (Wildman–Crippen MR) is 82.2 cm³/mol. The molecule has 0 radical (unpaired) electrons. The van der Waals surface area contributed by atoms with Gasteiger partial charge in [0.25, 0.3) is 0 Å². The van der Waals surface area contributed by atoms with Crippen LogP contribution in [0.5, 0.6) is 5.88 Å². The molecule has 0 atom stereocenters. The largest absolute Gasteiger partial charge is 0.475 e. The number of thiophene rings is 1. The highest BCUT2D eigenvalue weighted by Crippen LogP contribution is 2.26. The van der Waals surface area contributed by atoms with E-state index in [1.807, 2.05) is 25.9 Å². The Kier molecular flexibility index (Phi) is 5.08. The summed E-state index contributed by atoms with van der Waals surface area (Å²) in [7, 11) is 3.96. The second-order valence-electron chi connectivity index (χ2n) is 4.79. The van der Waals surface area contributed by atoms with E-state index in [-0.39, 0.29) is 5.97 Å². The Morgan fingerprint density at radius 2 is 2.14 bits per heavy atom. The van der Waals surface area contributed by atoms with Crippen LogP contribution in [0, 0.1) is 6.92 Å². The third kappa shape index (κ3) is 3.89. The van der Waals surface area contributed by atoms with Crippen molar-refractivity contribution in [3.05, 3.63) is 16.6 Å². The maximum Gasteiger partial charge on any atom is 0.348 e. The van der Waals surface area contributed by atoms with Gasteiger partial charge in [-0.15, -0.1) is 11.3 Å². The van der Waals surface area contributed by atoms with E-state index in [2.05, 4.69) is 9.97 Å². The molecule has 0 spiro atoms. The minimum atomic E-state index is -0.338. The summed E-state index contributed by atoms with van der Waals surface area (Å²) in [5, 5.41) is 0. The van der Waals surface area contributed by atoms with Gasteiger partial charge in [0.15, 0.2) is 0 Å². The summed E-state index contributed by atoms with van der Waals surface area (Å²) in [6.07, 6.45) is 0. The molecule has 2 rings (SSSR count). The average molecular weight is 309 g/mol. The Morgan fingerprint density at radius 1 is 1.38 bits per heavy atom. The molecule has 0 bridgehead atoms. The fraction of sp³-hybridized carbons (Fsp3) is 0.500. The van der Waals surface area contributed by atoms with Gasteiger partial charge in [0.2, 0.25) is 5.88 Å². The van der Waals surface area contributed by atoms with Crippen molar-refractivity contribution in [2.45, 2.75) is 13.8 Å². The van der Waals surface area contributed by atoms with Crippen LogP contribution in [-0.2, 0) is 4.74 Å². The van der Waals surface area contributed by atoms with Gasteiger partial charge < -0.3 is 14.4 Å². The minimum Gasteiger partial charge on any atom is -0.475 e. The maximum absolute atomic E-state index is 11.7. The Balaban J connectivity index is 2.21. The predicted octanol–water partition coefficient (Wildman–Crippen LogP) is 2.12. The van der Waals surface area contributed by atoms with Crippen LogP contribution in [0.4, 0.5) is 0 Å². The van der Waals surface area contributed by atoms with E-state index in [9.17, 15) is 4.79 Å². The molecular formula is C14H19N3O3S. The first-order valence-electron chi connectivity index (χ1n) is 6.74. The van der Waals surface area contributed by atoms with Crippen LogP contribution in [-0.4, -0.2) is 54.7 Å². The zero-order valence-corrected chi connectivity index (χ0v) is 13.5. The van der Waals surface area contributed by atoms with Gasteiger partial charge in [-0.3, -0.25) is 0 Å². The number of ether oxygens (including phenoxy) is 2. The average Bonchev–Trinajstić information content (AvgIpc) is 2.81. The summed E-state index contributed by atoms with van der Waals surface area (Å²) in [6, 6.07) is 1.70. The molecule has 0 aromatic carbocycles. The van der Waals surface area contributed by atoms with Gasteiger partial charge in [-0.1, -0.05) is 0 Å². The van der Waals surface area contributed by atoms with Crippen molar-refractivity contribution in [1.29, 1.82) is 0 Å². The molecule has 0 saturated carbocycles. The molecule has 0 aliphatic heterocycles. The van der Waals surface area contributed by atoms with E-state index in [4.69, 9.17) is 9.47 Å². The molecule has 0 amide bonds. The first-order chi connectivity index (χ1) is 10.0. The summed E-state index contributed by atoms with van der Waals surface area (Å²) >= 11 is 1.28. The maximum atomic E-state index is 11.7. The third-order valence-corrected chi connectivity index (χ3v) is 3.75. The SMILES string of the molecule is CCOC(=O)c1cc2nc(OCCN(C)C)c(C)nc2s1. The van der Waals surface area contributed by atoms with Crippen LogP contribution in [0.2, 0.25) is 0 Å². The van der Waals surface area contributed by atoms with Crippen LogP contribution >= 0.6 is 11.3 Å². The molecule has 0 N–H and O–H groups in total. The van der Waals surface area contributed by atoms with E-state index in [0.29, 0.717) is 29.5 Å². The summed E-state index contributed by atoms with van der Waals surface area (Å²) in [5.41, 5.74) is 1.38. The number of hydrogen-bond donors (Lipinski definition) is 0. The third-order valence-electron chi connectivity index (χ3n) is 2.75. The number of fused-ring (bicyclic) bond motifs is 1.